The predicted octanol–water partition coefficient (Wildman–Crippen LogP) is 0.424. The second-order valence-electron chi connectivity index (χ2n) is 7.13. The quantitative estimate of drug-likeness (QED) is 0.756. The molecule has 3 fully saturated rings. The van der Waals surface area contributed by atoms with Gasteiger partial charge in [-0.1, -0.05) is 13.3 Å². The molecule has 130 valence electrons. The summed E-state index contributed by atoms with van der Waals surface area (Å²) < 4.78 is 5.46. The maximum absolute atomic E-state index is 12.9. The molecular weight excluding hydrogens is 294 g/mol. The van der Waals surface area contributed by atoms with Crippen molar-refractivity contribution in [2.24, 2.45) is 11.8 Å². The number of rotatable bonds is 3. The molecule has 0 aromatic rings. The van der Waals surface area contributed by atoms with E-state index in [-0.39, 0.29) is 17.7 Å². The van der Waals surface area contributed by atoms with E-state index in [9.17, 15) is 9.59 Å². The first-order valence-corrected chi connectivity index (χ1v) is 8.94. The molecule has 23 heavy (non-hydrogen) atoms. The Morgan fingerprint density at radius 1 is 1.22 bits per heavy atom. The van der Waals surface area contributed by atoms with E-state index in [4.69, 9.17) is 4.74 Å². The lowest BCUT2D eigenvalue weighted by Gasteiger charge is -2.35. The van der Waals surface area contributed by atoms with Gasteiger partial charge in [-0.05, 0) is 12.3 Å². The first-order chi connectivity index (χ1) is 11.1. The van der Waals surface area contributed by atoms with Gasteiger partial charge in [0.2, 0.25) is 11.8 Å². The Balaban J connectivity index is 1.62. The van der Waals surface area contributed by atoms with Crippen molar-refractivity contribution in [3.63, 3.8) is 0 Å². The molecule has 2 amide bonds. The minimum Gasteiger partial charge on any atom is -0.379 e. The summed E-state index contributed by atoms with van der Waals surface area (Å²) in [6.07, 6.45) is 2.28. The lowest BCUT2D eigenvalue weighted by molar-refractivity contribution is -0.143. The number of hydrogen-bond donors (Lipinski definition) is 0. The molecule has 0 aromatic carbocycles. The van der Waals surface area contributed by atoms with E-state index < -0.39 is 0 Å². The van der Waals surface area contributed by atoms with Crippen molar-refractivity contribution in [2.45, 2.75) is 32.2 Å². The first-order valence-electron chi connectivity index (χ1n) is 8.94. The Morgan fingerprint density at radius 2 is 1.96 bits per heavy atom. The van der Waals surface area contributed by atoms with Gasteiger partial charge in [-0.3, -0.25) is 14.5 Å². The van der Waals surface area contributed by atoms with Crippen LogP contribution in [0.3, 0.4) is 0 Å². The van der Waals surface area contributed by atoms with Gasteiger partial charge < -0.3 is 14.5 Å². The van der Waals surface area contributed by atoms with E-state index in [2.05, 4.69) is 11.8 Å². The maximum atomic E-state index is 12.9. The number of amides is 2. The number of nitrogens with zero attached hydrogens (tertiary/aromatic N) is 3. The minimum atomic E-state index is -0.111. The van der Waals surface area contributed by atoms with Crippen LogP contribution >= 0.6 is 0 Å². The van der Waals surface area contributed by atoms with Crippen LogP contribution in [0.4, 0.5) is 0 Å². The van der Waals surface area contributed by atoms with E-state index in [1.165, 1.54) is 0 Å². The fraction of sp³-hybridized carbons (Fsp3) is 0.882. The summed E-state index contributed by atoms with van der Waals surface area (Å²) in [7, 11) is 1.82. The van der Waals surface area contributed by atoms with Gasteiger partial charge in [-0.25, -0.2) is 0 Å². The van der Waals surface area contributed by atoms with Crippen molar-refractivity contribution < 1.29 is 14.3 Å². The Morgan fingerprint density at radius 3 is 2.61 bits per heavy atom. The van der Waals surface area contributed by atoms with Gasteiger partial charge >= 0.3 is 0 Å². The van der Waals surface area contributed by atoms with Crippen LogP contribution in [0.2, 0.25) is 0 Å². The molecular formula is C17H29N3O3. The highest BCUT2D eigenvalue weighted by molar-refractivity contribution is 5.87. The second kappa shape index (κ2) is 7.18. The highest BCUT2D eigenvalue weighted by atomic mass is 16.5. The average molecular weight is 323 g/mol. The summed E-state index contributed by atoms with van der Waals surface area (Å²) in [4.78, 5) is 31.0. The van der Waals surface area contributed by atoms with Crippen LogP contribution in [-0.2, 0) is 14.3 Å². The van der Waals surface area contributed by atoms with Crippen molar-refractivity contribution in [1.29, 1.82) is 0 Å². The van der Waals surface area contributed by atoms with Crippen molar-refractivity contribution in [1.82, 2.24) is 14.7 Å². The third-order valence-electron chi connectivity index (χ3n) is 5.77. The Kier molecular flexibility index (Phi) is 5.21. The second-order valence-corrected chi connectivity index (χ2v) is 7.13. The van der Waals surface area contributed by atoms with E-state index in [0.717, 1.165) is 52.2 Å². The van der Waals surface area contributed by atoms with Gasteiger partial charge in [0.05, 0.1) is 13.2 Å². The zero-order valence-electron chi connectivity index (χ0n) is 14.4. The summed E-state index contributed by atoms with van der Waals surface area (Å²) in [5, 5.41) is 0. The molecule has 3 rings (SSSR count). The van der Waals surface area contributed by atoms with Crippen LogP contribution in [0.15, 0.2) is 0 Å². The fourth-order valence-corrected chi connectivity index (χ4v) is 4.17. The Hall–Kier alpha value is -1.14. The number of morpholine rings is 1. The summed E-state index contributed by atoms with van der Waals surface area (Å²) >= 11 is 0. The van der Waals surface area contributed by atoms with Crippen LogP contribution in [0.5, 0.6) is 0 Å². The summed E-state index contributed by atoms with van der Waals surface area (Å²) in [6.45, 7) is 8.11. The van der Waals surface area contributed by atoms with E-state index in [1.54, 1.807) is 4.90 Å². The Bertz CT molecular complexity index is 450. The zero-order valence-corrected chi connectivity index (χ0v) is 14.4. The number of piperidine rings is 1. The molecule has 0 N–H and O–H groups in total. The normalized spacial score (nSPS) is 33.3. The summed E-state index contributed by atoms with van der Waals surface area (Å²) in [5.74, 6) is 0.727. The average Bonchev–Trinajstić information content (AvgIpc) is 3.02. The van der Waals surface area contributed by atoms with Crippen LogP contribution in [0.1, 0.15) is 26.2 Å². The van der Waals surface area contributed by atoms with Gasteiger partial charge in [0.15, 0.2) is 0 Å². The summed E-state index contributed by atoms with van der Waals surface area (Å²) in [6, 6.07) is 0.454. The maximum Gasteiger partial charge on any atom is 0.226 e. The van der Waals surface area contributed by atoms with E-state index in [1.807, 2.05) is 11.9 Å². The van der Waals surface area contributed by atoms with Crippen LogP contribution in [0, 0.1) is 11.8 Å². The molecule has 0 aliphatic carbocycles. The van der Waals surface area contributed by atoms with E-state index in [0.29, 0.717) is 24.9 Å². The number of carbonyl (C=O) groups is 2. The molecule has 0 radical (unpaired) electrons. The standard InChI is InChI=1S/C17H29N3O3/c1-3-13-11-20(12-15(13)19-6-8-23-9-7-19)17(22)14-4-5-18(2)16(21)10-14/h13-15H,3-12H2,1-2H3/t13-,14+,15+/m1/s1. The molecule has 3 atom stereocenters. The lowest BCUT2D eigenvalue weighted by atomic mass is 9.95. The van der Waals surface area contributed by atoms with Gasteiger partial charge in [0, 0.05) is 58.2 Å². The van der Waals surface area contributed by atoms with Gasteiger partial charge in [0.25, 0.3) is 0 Å². The van der Waals surface area contributed by atoms with Crippen molar-refractivity contribution >= 4 is 11.8 Å². The molecule has 6 heteroatoms. The number of hydrogen-bond acceptors (Lipinski definition) is 4. The van der Waals surface area contributed by atoms with Crippen LogP contribution in [-0.4, -0.2) is 85.5 Å². The minimum absolute atomic E-state index is 0.102. The Labute approximate surface area is 138 Å². The SMILES string of the molecule is CC[C@@H]1CN(C(=O)[C@H]2CCN(C)C(=O)C2)C[C@@H]1N1CCOCC1. The largest absolute Gasteiger partial charge is 0.379 e. The highest BCUT2D eigenvalue weighted by Gasteiger charge is 2.40. The first kappa shape index (κ1) is 16.7. The smallest absolute Gasteiger partial charge is 0.226 e. The molecule has 0 aromatic heterocycles. The monoisotopic (exact) mass is 323 g/mol. The predicted molar refractivity (Wildman–Crippen MR) is 86.9 cm³/mol. The molecule has 6 nitrogen and oxygen atoms in total. The topological polar surface area (TPSA) is 53.1 Å². The van der Waals surface area contributed by atoms with Crippen LogP contribution in [0.25, 0.3) is 0 Å². The molecule has 0 saturated carbocycles. The third-order valence-corrected chi connectivity index (χ3v) is 5.77. The van der Waals surface area contributed by atoms with Gasteiger partial charge in [-0.2, -0.15) is 0 Å². The molecule has 3 aliphatic heterocycles. The van der Waals surface area contributed by atoms with Crippen molar-refractivity contribution in [3.8, 4) is 0 Å². The fourth-order valence-electron chi connectivity index (χ4n) is 4.17. The number of ether oxygens (including phenoxy) is 1. The van der Waals surface area contributed by atoms with Gasteiger partial charge in [-0.15, -0.1) is 0 Å². The molecule has 3 heterocycles. The number of likely N-dealkylation sites (tertiary alicyclic amines) is 2. The molecule has 3 saturated heterocycles. The molecule has 0 bridgehead atoms. The third kappa shape index (κ3) is 3.53. The van der Waals surface area contributed by atoms with E-state index >= 15 is 0 Å². The lowest BCUT2D eigenvalue weighted by Crippen LogP contribution is -2.48. The molecule has 0 unspecified atom stereocenters. The molecule has 3 aliphatic rings. The zero-order chi connectivity index (χ0) is 16.4. The van der Waals surface area contributed by atoms with Crippen LogP contribution < -0.4 is 0 Å². The molecule has 0 spiro atoms. The van der Waals surface area contributed by atoms with Gasteiger partial charge in [0.1, 0.15) is 0 Å². The van der Waals surface area contributed by atoms with Crippen molar-refractivity contribution in [2.75, 3.05) is 53.0 Å². The highest BCUT2D eigenvalue weighted by Crippen LogP contribution is 2.29. The number of carbonyl (C=O) groups excluding carboxylic acids is 2. The van der Waals surface area contributed by atoms with Crippen molar-refractivity contribution in [3.05, 3.63) is 0 Å². The summed E-state index contributed by atoms with van der Waals surface area (Å²) in [5.41, 5.74) is 0.